The molecule has 1 aromatic carbocycles. The van der Waals surface area contributed by atoms with Crippen LogP contribution in [0.25, 0.3) is 5.65 Å². The molecule has 116 valence electrons. The highest BCUT2D eigenvalue weighted by Crippen LogP contribution is 2.15. The number of nitrogens with one attached hydrogen (secondary N) is 1. The van der Waals surface area contributed by atoms with Crippen LogP contribution in [0.3, 0.4) is 0 Å². The zero-order chi connectivity index (χ0) is 16.6. The SMILES string of the molecule is [B]c1cnc2c(NCc3ccc(S(N)(=O)=O)cc3)nc(C)cn12. The number of nitrogens with zero attached hydrogens (tertiary/aromatic N) is 3. The van der Waals surface area contributed by atoms with E-state index in [-0.39, 0.29) is 4.90 Å². The number of anilines is 1. The summed E-state index contributed by atoms with van der Waals surface area (Å²) in [6.07, 6.45) is 3.38. The van der Waals surface area contributed by atoms with E-state index in [2.05, 4.69) is 15.3 Å². The maximum absolute atomic E-state index is 11.2. The fourth-order valence-electron chi connectivity index (χ4n) is 2.23. The zero-order valence-corrected chi connectivity index (χ0v) is 13.2. The van der Waals surface area contributed by atoms with Gasteiger partial charge in [-0.3, -0.25) is 0 Å². The summed E-state index contributed by atoms with van der Waals surface area (Å²) in [5.74, 6) is 0.609. The summed E-state index contributed by atoms with van der Waals surface area (Å²) in [5.41, 5.74) is 2.85. The van der Waals surface area contributed by atoms with E-state index in [1.807, 2.05) is 13.1 Å². The Labute approximate surface area is 135 Å². The average Bonchev–Trinajstić information content (AvgIpc) is 2.86. The predicted octanol–water partition coefficient (Wildman–Crippen LogP) is 0.0910. The number of benzene rings is 1. The van der Waals surface area contributed by atoms with Gasteiger partial charge in [0.05, 0.1) is 10.6 Å². The molecule has 2 radical (unpaired) electrons. The Kier molecular flexibility index (Phi) is 3.82. The van der Waals surface area contributed by atoms with Crippen LogP contribution >= 0.6 is 0 Å². The number of imidazole rings is 1. The van der Waals surface area contributed by atoms with Crippen molar-refractivity contribution in [2.45, 2.75) is 18.4 Å². The Balaban J connectivity index is 1.84. The van der Waals surface area contributed by atoms with Gasteiger partial charge in [0.25, 0.3) is 0 Å². The Morgan fingerprint density at radius 1 is 1.30 bits per heavy atom. The lowest BCUT2D eigenvalue weighted by atomic mass is 10.1. The molecule has 2 aromatic heterocycles. The molecule has 9 heteroatoms. The number of hydrogen-bond donors (Lipinski definition) is 2. The van der Waals surface area contributed by atoms with Crippen molar-refractivity contribution < 1.29 is 8.42 Å². The van der Waals surface area contributed by atoms with E-state index >= 15 is 0 Å². The van der Waals surface area contributed by atoms with Crippen molar-refractivity contribution in [2.24, 2.45) is 5.14 Å². The summed E-state index contributed by atoms with van der Waals surface area (Å²) in [5, 5.41) is 8.26. The smallest absolute Gasteiger partial charge is 0.238 e. The second kappa shape index (κ2) is 5.67. The predicted molar refractivity (Wildman–Crippen MR) is 88.3 cm³/mol. The standard InChI is InChI=1S/C14H14BN5O2S/c1-9-8-20-12(15)7-18-14(20)13(19-9)17-6-10-2-4-11(5-3-10)23(16,21)22/h2-5,7-8H,6H2,1H3,(H,17,19)(H2,16,21,22). The fraction of sp³-hybridized carbons (Fsp3) is 0.143. The van der Waals surface area contributed by atoms with Crippen LogP contribution in [0.5, 0.6) is 0 Å². The highest BCUT2D eigenvalue weighted by molar-refractivity contribution is 7.89. The molecule has 0 amide bonds. The summed E-state index contributed by atoms with van der Waals surface area (Å²) in [6.45, 7) is 2.33. The Morgan fingerprint density at radius 3 is 2.65 bits per heavy atom. The third-order valence-electron chi connectivity index (χ3n) is 3.35. The van der Waals surface area contributed by atoms with E-state index < -0.39 is 10.0 Å². The lowest BCUT2D eigenvalue weighted by Gasteiger charge is -2.09. The van der Waals surface area contributed by atoms with E-state index in [1.54, 1.807) is 22.7 Å². The number of aryl methyl sites for hydroxylation is 1. The van der Waals surface area contributed by atoms with Crippen molar-refractivity contribution >= 4 is 34.9 Å². The van der Waals surface area contributed by atoms with Crippen LogP contribution in [0.15, 0.2) is 41.6 Å². The Morgan fingerprint density at radius 2 is 2.00 bits per heavy atom. The lowest BCUT2D eigenvalue weighted by molar-refractivity contribution is 0.598. The molecule has 23 heavy (non-hydrogen) atoms. The van der Waals surface area contributed by atoms with Crippen molar-refractivity contribution in [3.63, 3.8) is 0 Å². The first-order valence-corrected chi connectivity index (χ1v) is 8.35. The number of fused-ring (bicyclic) bond motifs is 1. The third kappa shape index (κ3) is 3.20. The van der Waals surface area contributed by atoms with Gasteiger partial charge >= 0.3 is 0 Å². The van der Waals surface area contributed by atoms with Gasteiger partial charge in [-0.25, -0.2) is 23.5 Å². The first-order chi connectivity index (χ1) is 10.8. The van der Waals surface area contributed by atoms with Crippen LogP contribution < -0.4 is 16.0 Å². The van der Waals surface area contributed by atoms with Gasteiger partial charge in [-0.2, -0.15) is 0 Å². The molecule has 2 heterocycles. The first kappa shape index (κ1) is 15.5. The molecule has 0 aliphatic rings. The highest BCUT2D eigenvalue weighted by Gasteiger charge is 2.09. The maximum Gasteiger partial charge on any atom is 0.238 e. The van der Waals surface area contributed by atoms with Gasteiger partial charge in [0.1, 0.15) is 7.85 Å². The van der Waals surface area contributed by atoms with Gasteiger partial charge in [0.15, 0.2) is 11.5 Å². The van der Waals surface area contributed by atoms with Crippen molar-refractivity contribution in [1.29, 1.82) is 0 Å². The van der Waals surface area contributed by atoms with E-state index in [0.717, 1.165) is 11.3 Å². The van der Waals surface area contributed by atoms with Crippen LogP contribution in [-0.4, -0.2) is 30.6 Å². The number of rotatable bonds is 4. The van der Waals surface area contributed by atoms with Gasteiger partial charge in [0, 0.05) is 18.9 Å². The summed E-state index contributed by atoms with van der Waals surface area (Å²) in [4.78, 5) is 8.74. The van der Waals surface area contributed by atoms with Gasteiger partial charge < -0.3 is 9.72 Å². The minimum Gasteiger partial charge on any atom is -0.363 e. The van der Waals surface area contributed by atoms with Crippen LogP contribution in [0.2, 0.25) is 0 Å². The first-order valence-electron chi connectivity index (χ1n) is 6.80. The van der Waals surface area contributed by atoms with Gasteiger partial charge in [-0.1, -0.05) is 12.1 Å². The minimum absolute atomic E-state index is 0.0818. The second-order valence-corrected chi connectivity index (χ2v) is 6.71. The van der Waals surface area contributed by atoms with Crippen molar-refractivity contribution in [3.05, 3.63) is 47.9 Å². The van der Waals surface area contributed by atoms with Crippen LogP contribution in [0, 0.1) is 6.92 Å². The van der Waals surface area contributed by atoms with Gasteiger partial charge in [0.2, 0.25) is 10.0 Å². The third-order valence-corrected chi connectivity index (χ3v) is 4.28. The van der Waals surface area contributed by atoms with E-state index in [1.165, 1.54) is 12.1 Å². The van der Waals surface area contributed by atoms with Gasteiger partial charge in [-0.05, 0) is 30.2 Å². The number of nitrogens with two attached hydrogens (primary N) is 1. The molecule has 3 aromatic rings. The highest BCUT2D eigenvalue weighted by atomic mass is 32.2. The molecule has 0 bridgehead atoms. The lowest BCUT2D eigenvalue weighted by Crippen LogP contribution is -2.13. The summed E-state index contributed by atoms with van der Waals surface area (Å²) >= 11 is 0. The van der Waals surface area contributed by atoms with Crippen molar-refractivity contribution in [1.82, 2.24) is 14.4 Å². The quantitative estimate of drug-likeness (QED) is 0.661. The molecule has 0 aliphatic carbocycles. The number of primary sulfonamides is 1. The van der Waals surface area contributed by atoms with Gasteiger partial charge in [-0.15, -0.1) is 0 Å². The fourth-order valence-corrected chi connectivity index (χ4v) is 2.74. The largest absolute Gasteiger partial charge is 0.363 e. The molecule has 3 N–H and O–H groups in total. The molecule has 7 nitrogen and oxygen atoms in total. The molecule has 3 rings (SSSR count). The van der Waals surface area contributed by atoms with E-state index in [0.29, 0.717) is 23.6 Å². The number of sulfonamides is 1. The maximum atomic E-state index is 11.2. The topological polar surface area (TPSA) is 102 Å². The Bertz CT molecular complexity index is 967. The summed E-state index contributed by atoms with van der Waals surface area (Å²) in [6, 6.07) is 6.33. The molecule has 0 saturated carbocycles. The molecule has 0 aliphatic heterocycles. The summed E-state index contributed by atoms with van der Waals surface area (Å²) in [7, 11) is 2.18. The second-order valence-electron chi connectivity index (χ2n) is 5.15. The van der Waals surface area contributed by atoms with Crippen LogP contribution in [0.4, 0.5) is 5.82 Å². The molecular formula is C14H14BN5O2S. The number of aromatic nitrogens is 3. The van der Waals surface area contributed by atoms with Crippen molar-refractivity contribution in [2.75, 3.05) is 5.32 Å². The number of hydrogen-bond acceptors (Lipinski definition) is 5. The molecule has 0 unspecified atom stereocenters. The molecule has 0 atom stereocenters. The van der Waals surface area contributed by atoms with Crippen LogP contribution in [0.1, 0.15) is 11.3 Å². The minimum atomic E-state index is -3.68. The molecule has 0 spiro atoms. The summed E-state index contributed by atoms with van der Waals surface area (Å²) < 4.78 is 24.2. The van der Waals surface area contributed by atoms with E-state index in [9.17, 15) is 8.42 Å². The normalized spacial score (nSPS) is 11.7. The molecule has 0 fully saturated rings. The molecule has 0 saturated heterocycles. The average molecular weight is 327 g/mol. The van der Waals surface area contributed by atoms with E-state index in [4.69, 9.17) is 13.0 Å². The molecular weight excluding hydrogens is 313 g/mol. The van der Waals surface area contributed by atoms with Crippen molar-refractivity contribution in [3.8, 4) is 0 Å². The zero-order valence-electron chi connectivity index (χ0n) is 12.4. The Hall–Kier alpha value is -2.39. The van der Waals surface area contributed by atoms with Crippen LogP contribution in [-0.2, 0) is 16.6 Å². The monoisotopic (exact) mass is 327 g/mol.